The van der Waals surface area contributed by atoms with Crippen LogP contribution in [0.5, 0.6) is 0 Å². The maximum Gasteiger partial charge on any atom is 0.0586 e. The van der Waals surface area contributed by atoms with E-state index in [2.05, 4.69) is 20.8 Å². The first kappa shape index (κ1) is 11.5. The molecule has 0 aromatic rings. The predicted octanol–water partition coefficient (Wildman–Crippen LogP) is 1.96. The summed E-state index contributed by atoms with van der Waals surface area (Å²) in [4.78, 5) is 0. The van der Waals surface area contributed by atoms with Gasteiger partial charge < -0.3 is 11.5 Å². The molecule has 4 N–H and O–H groups in total. The Hall–Kier alpha value is -0.600. The molecule has 2 nitrogen and oxygen atoms in total. The van der Waals surface area contributed by atoms with E-state index < -0.39 is 5.54 Å². The Morgan fingerprint density at radius 3 is 2.57 bits per heavy atom. The first-order valence-corrected chi connectivity index (χ1v) is 5.25. The zero-order valence-corrected chi connectivity index (χ0v) is 9.67. The van der Waals surface area contributed by atoms with Gasteiger partial charge in [0.15, 0.2) is 0 Å². The fourth-order valence-electron chi connectivity index (χ4n) is 1.90. The Morgan fingerprint density at radius 2 is 2.07 bits per heavy atom. The van der Waals surface area contributed by atoms with E-state index in [1.54, 1.807) is 0 Å². The summed E-state index contributed by atoms with van der Waals surface area (Å²) in [6, 6.07) is -0.0672. The first-order valence-electron chi connectivity index (χ1n) is 5.25. The smallest absolute Gasteiger partial charge is 0.0586 e. The van der Waals surface area contributed by atoms with E-state index in [4.69, 9.17) is 11.5 Å². The molecule has 1 aliphatic carbocycles. The van der Waals surface area contributed by atoms with Crippen LogP contribution in [0.25, 0.3) is 0 Å². The number of nitrogens with two attached hydrogens (primary N) is 2. The van der Waals surface area contributed by atoms with E-state index in [1.807, 2.05) is 25.2 Å². The van der Waals surface area contributed by atoms with Crippen molar-refractivity contribution >= 4 is 0 Å². The monoisotopic (exact) mass is 194 g/mol. The Labute approximate surface area is 87.0 Å². The molecular formula is C12H22N2. The van der Waals surface area contributed by atoms with Crippen LogP contribution in [0.15, 0.2) is 23.8 Å². The fraction of sp³-hybridized carbons (Fsp3) is 0.667. The van der Waals surface area contributed by atoms with Gasteiger partial charge in [0.25, 0.3) is 0 Å². The Kier molecular flexibility index (Phi) is 2.88. The minimum Gasteiger partial charge on any atom is -0.322 e. The van der Waals surface area contributed by atoms with Crippen molar-refractivity contribution < 1.29 is 0 Å². The van der Waals surface area contributed by atoms with Crippen LogP contribution < -0.4 is 11.5 Å². The van der Waals surface area contributed by atoms with E-state index in [0.717, 1.165) is 12.0 Å². The third-order valence-electron chi connectivity index (χ3n) is 3.79. The van der Waals surface area contributed by atoms with E-state index in [9.17, 15) is 0 Å². The fourth-order valence-corrected chi connectivity index (χ4v) is 1.90. The van der Waals surface area contributed by atoms with Crippen molar-refractivity contribution in [3.05, 3.63) is 23.8 Å². The van der Waals surface area contributed by atoms with Crippen LogP contribution >= 0.6 is 0 Å². The number of allylic oxidation sites excluding steroid dienone is 2. The van der Waals surface area contributed by atoms with Crippen molar-refractivity contribution in [2.24, 2.45) is 16.9 Å². The number of rotatable bonds is 2. The van der Waals surface area contributed by atoms with Crippen LogP contribution in [0.4, 0.5) is 0 Å². The lowest BCUT2D eigenvalue weighted by Crippen LogP contribution is -2.63. The molecule has 0 radical (unpaired) electrons. The summed E-state index contributed by atoms with van der Waals surface area (Å²) in [6.07, 6.45) is 7.14. The highest BCUT2D eigenvalue weighted by Crippen LogP contribution is 2.38. The molecule has 2 heteroatoms. The minimum absolute atomic E-state index is 0.0262. The van der Waals surface area contributed by atoms with Gasteiger partial charge in [-0.3, -0.25) is 0 Å². The molecule has 0 saturated carbocycles. The SMILES string of the molecule is CCC(C)(C)C1(N)C=CC=C(C)C1N. The van der Waals surface area contributed by atoms with Gasteiger partial charge in [-0.1, -0.05) is 44.6 Å². The molecular weight excluding hydrogens is 172 g/mol. The molecule has 80 valence electrons. The van der Waals surface area contributed by atoms with Gasteiger partial charge in [-0.2, -0.15) is 0 Å². The third-order valence-corrected chi connectivity index (χ3v) is 3.79. The molecule has 0 fully saturated rings. The van der Waals surface area contributed by atoms with Crippen LogP contribution in [0, 0.1) is 5.41 Å². The van der Waals surface area contributed by atoms with E-state index in [0.29, 0.717) is 0 Å². The van der Waals surface area contributed by atoms with Gasteiger partial charge >= 0.3 is 0 Å². The molecule has 0 amide bonds. The highest BCUT2D eigenvalue weighted by molar-refractivity contribution is 5.34. The molecule has 1 aliphatic rings. The van der Waals surface area contributed by atoms with Crippen LogP contribution in [0.2, 0.25) is 0 Å². The molecule has 0 aromatic carbocycles. The standard InChI is InChI=1S/C12H22N2/c1-5-11(3,4)12(14)8-6-7-9(2)10(12)13/h6-8,10H,5,13-14H2,1-4H3. The molecule has 2 atom stereocenters. The molecule has 14 heavy (non-hydrogen) atoms. The van der Waals surface area contributed by atoms with E-state index in [-0.39, 0.29) is 11.5 Å². The van der Waals surface area contributed by atoms with Crippen molar-refractivity contribution in [3.8, 4) is 0 Å². The predicted molar refractivity (Wildman–Crippen MR) is 61.9 cm³/mol. The van der Waals surface area contributed by atoms with E-state index >= 15 is 0 Å². The van der Waals surface area contributed by atoms with Crippen molar-refractivity contribution in [2.75, 3.05) is 0 Å². The van der Waals surface area contributed by atoms with E-state index in [1.165, 1.54) is 0 Å². The highest BCUT2D eigenvalue weighted by atomic mass is 14.9. The highest BCUT2D eigenvalue weighted by Gasteiger charge is 2.44. The van der Waals surface area contributed by atoms with Gasteiger partial charge in [0, 0.05) is 6.04 Å². The molecule has 1 rings (SSSR count). The molecule has 2 unspecified atom stereocenters. The summed E-state index contributed by atoms with van der Waals surface area (Å²) >= 11 is 0. The Bertz CT molecular complexity index is 276. The molecule has 0 saturated heterocycles. The van der Waals surface area contributed by atoms with Crippen molar-refractivity contribution in [1.29, 1.82) is 0 Å². The second-order valence-electron chi connectivity index (χ2n) is 4.92. The maximum atomic E-state index is 6.43. The number of hydrogen-bond donors (Lipinski definition) is 2. The topological polar surface area (TPSA) is 52.0 Å². The second-order valence-corrected chi connectivity index (χ2v) is 4.92. The molecule has 0 aromatic heterocycles. The Balaban J connectivity index is 3.08. The largest absolute Gasteiger partial charge is 0.322 e. The van der Waals surface area contributed by atoms with Crippen LogP contribution in [-0.4, -0.2) is 11.6 Å². The quantitative estimate of drug-likeness (QED) is 0.706. The first-order chi connectivity index (χ1) is 6.35. The molecule has 0 heterocycles. The van der Waals surface area contributed by atoms with Gasteiger partial charge in [0.2, 0.25) is 0 Å². The average Bonchev–Trinajstić information content (AvgIpc) is 2.14. The summed E-state index contributed by atoms with van der Waals surface area (Å²) < 4.78 is 0. The van der Waals surface area contributed by atoms with Crippen LogP contribution in [-0.2, 0) is 0 Å². The molecule has 0 aliphatic heterocycles. The van der Waals surface area contributed by atoms with Gasteiger partial charge in [0.05, 0.1) is 5.54 Å². The van der Waals surface area contributed by atoms with Crippen LogP contribution in [0.1, 0.15) is 34.1 Å². The molecule has 0 spiro atoms. The van der Waals surface area contributed by atoms with Gasteiger partial charge in [-0.25, -0.2) is 0 Å². The van der Waals surface area contributed by atoms with Gasteiger partial charge in [-0.05, 0) is 18.8 Å². The average molecular weight is 194 g/mol. The van der Waals surface area contributed by atoms with Gasteiger partial charge in [-0.15, -0.1) is 0 Å². The molecule has 0 bridgehead atoms. The summed E-state index contributed by atoms with van der Waals surface area (Å²) in [6.45, 7) is 8.55. The van der Waals surface area contributed by atoms with Crippen LogP contribution in [0.3, 0.4) is 0 Å². The third kappa shape index (κ3) is 1.53. The second kappa shape index (κ2) is 3.52. The lowest BCUT2D eigenvalue weighted by molar-refractivity contribution is 0.182. The summed E-state index contributed by atoms with van der Waals surface area (Å²) in [5.74, 6) is 0. The van der Waals surface area contributed by atoms with Gasteiger partial charge in [0.1, 0.15) is 0 Å². The zero-order valence-electron chi connectivity index (χ0n) is 9.67. The summed E-state index contributed by atoms with van der Waals surface area (Å²) in [7, 11) is 0. The lowest BCUT2D eigenvalue weighted by atomic mass is 9.64. The van der Waals surface area contributed by atoms with Crippen molar-refractivity contribution in [1.82, 2.24) is 0 Å². The summed E-state index contributed by atoms with van der Waals surface area (Å²) in [5.41, 5.74) is 13.4. The van der Waals surface area contributed by atoms with Crippen molar-refractivity contribution in [2.45, 2.75) is 45.7 Å². The van der Waals surface area contributed by atoms with Crippen molar-refractivity contribution in [3.63, 3.8) is 0 Å². The summed E-state index contributed by atoms with van der Waals surface area (Å²) in [5, 5.41) is 0. The Morgan fingerprint density at radius 1 is 1.50 bits per heavy atom. The lowest BCUT2D eigenvalue weighted by Gasteiger charge is -2.47. The number of hydrogen-bond acceptors (Lipinski definition) is 2. The maximum absolute atomic E-state index is 6.43. The zero-order chi connectivity index (χ0) is 11.0. The normalized spacial score (nSPS) is 33.0. The minimum atomic E-state index is -0.416.